The fourth-order valence-corrected chi connectivity index (χ4v) is 3.40. The standard InChI is InChI=1S/C24H18FN7/c1-14(20-13-26-10-11-27-20)6-7-18-15(2)21(32-31-18)24-29-19-8-9-28-22(23(19)30-24)16-4-3-5-17(25)12-16/h3-13,31H,2H2,1H3,(H,29,30)/b14-6+,18-7+. The molecule has 0 bridgehead atoms. The van der Waals surface area contributed by atoms with Crippen molar-refractivity contribution in [2.24, 2.45) is 0 Å². The molecule has 0 unspecified atom stereocenters. The van der Waals surface area contributed by atoms with E-state index >= 15 is 0 Å². The average Bonchev–Trinajstić information content (AvgIpc) is 3.41. The molecule has 0 saturated heterocycles. The van der Waals surface area contributed by atoms with Gasteiger partial charge in [0.15, 0.2) is 5.82 Å². The summed E-state index contributed by atoms with van der Waals surface area (Å²) < 4.78 is 13.7. The molecule has 0 aliphatic rings. The van der Waals surface area contributed by atoms with E-state index in [4.69, 9.17) is 4.98 Å². The third-order valence-electron chi connectivity index (χ3n) is 5.09. The fraction of sp³-hybridized carbons (Fsp3) is 0.0417. The predicted molar refractivity (Wildman–Crippen MR) is 122 cm³/mol. The van der Waals surface area contributed by atoms with Crippen molar-refractivity contribution in [1.82, 2.24) is 35.1 Å². The zero-order valence-electron chi connectivity index (χ0n) is 17.2. The van der Waals surface area contributed by atoms with Crippen LogP contribution in [0, 0.1) is 5.82 Å². The molecule has 1 aromatic carbocycles. The first-order valence-corrected chi connectivity index (χ1v) is 9.89. The van der Waals surface area contributed by atoms with E-state index in [9.17, 15) is 4.39 Å². The number of nitrogens with zero attached hydrogens (tertiary/aromatic N) is 5. The fourth-order valence-electron chi connectivity index (χ4n) is 3.40. The maximum atomic E-state index is 13.7. The Kier molecular flexibility index (Phi) is 4.87. The molecule has 2 N–H and O–H groups in total. The SMILES string of the molecule is C=c1c(-c2nc3c(-c4cccc(F)c4)nccc3[nH]2)n[nH]/c1=C/C=C(\C)c1cnccn1. The summed E-state index contributed by atoms with van der Waals surface area (Å²) in [6, 6.07) is 8.12. The number of H-pyrrole nitrogens is 2. The second kappa shape index (κ2) is 7.99. The van der Waals surface area contributed by atoms with Crippen molar-refractivity contribution in [2.45, 2.75) is 6.92 Å². The Bertz CT molecular complexity index is 1570. The van der Waals surface area contributed by atoms with Crippen molar-refractivity contribution >= 4 is 29.3 Å². The zero-order valence-corrected chi connectivity index (χ0v) is 17.2. The summed E-state index contributed by atoms with van der Waals surface area (Å²) in [7, 11) is 0. The van der Waals surface area contributed by atoms with Gasteiger partial charge in [0.05, 0.1) is 28.5 Å². The van der Waals surface area contributed by atoms with Gasteiger partial charge in [-0.15, -0.1) is 0 Å². The van der Waals surface area contributed by atoms with E-state index in [0.29, 0.717) is 33.5 Å². The van der Waals surface area contributed by atoms with E-state index in [1.54, 1.807) is 36.9 Å². The Morgan fingerprint density at radius 1 is 1.09 bits per heavy atom. The molecule has 0 radical (unpaired) electrons. The van der Waals surface area contributed by atoms with Crippen molar-refractivity contribution in [3.63, 3.8) is 0 Å². The summed E-state index contributed by atoms with van der Waals surface area (Å²) in [4.78, 5) is 20.8. The molecule has 0 saturated carbocycles. The molecule has 0 spiro atoms. The Morgan fingerprint density at radius 3 is 2.81 bits per heavy atom. The van der Waals surface area contributed by atoms with Crippen LogP contribution in [0.5, 0.6) is 0 Å². The molecule has 7 nitrogen and oxygen atoms in total. The van der Waals surface area contributed by atoms with Gasteiger partial charge in [0, 0.05) is 29.4 Å². The lowest BCUT2D eigenvalue weighted by Crippen LogP contribution is -2.21. The number of halogens is 1. The van der Waals surface area contributed by atoms with Crippen LogP contribution in [0.4, 0.5) is 4.39 Å². The first kappa shape index (κ1) is 19.5. The van der Waals surface area contributed by atoms with Gasteiger partial charge >= 0.3 is 0 Å². The number of benzene rings is 1. The number of hydrogen-bond donors (Lipinski definition) is 2. The maximum absolute atomic E-state index is 13.7. The monoisotopic (exact) mass is 423 g/mol. The summed E-state index contributed by atoms with van der Waals surface area (Å²) in [6.07, 6.45) is 10.5. The lowest BCUT2D eigenvalue weighted by Gasteiger charge is -2.01. The van der Waals surface area contributed by atoms with Crippen LogP contribution in [0.25, 0.3) is 52.0 Å². The third-order valence-corrected chi connectivity index (χ3v) is 5.09. The first-order valence-electron chi connectivity index (χ1n) is 9.89. The molecule has 156 valence electrons. The highest BCUT2D eigenvalue weighted by Gasteiger charge is 2.14. The van der Waals surface area contributed by atoms with Gasteiger partial charge < -0.3 is 4.98 Å². The molecule has 0 aliphatic carbocycles. The summed E-state index contributed by atoms with van der Waals surface area (Å²) in [5, 5.41) is 8.86. The maximum Gasteiger partial charge on any atom is 0.159 e. The molecule has 5 rings (SSSR count). The summed E-state index contributed by atoms with van der Waals surface area (Å²) in [5.41, 5.74) is 5.03. The van der Waals surface area contributed by atoms with Gasteiger partial charge in [-0.25, -0.2) is 9.37 Å². The van der Waals surface area contributed by atoms with Crippen LogP contribution in [-0.4, -0.2) is 35.1 Å². The van der Waals surface area contributed by atoms with Crippen LogP contribution in [0.1, 0.15) is 12.6 Å². The molecule has 4 aromatic heterocycles. The topological polar surface area (TPSA) is 96.0 Å². The van der Waals surface area contributed by atoms with Gasteiger partial charge in [0.25, 0.3) is 0 Å². The van der Waals surface area contributed by atoms with Crippen molar-refractivity contribution in [1.29, 1.82) is 0 Å². The predicted octanol–water partition coefficient (Wildman–Crippen LogP) is 3.24. The Balaban J connectivity index is 1.55. The highest BCUT2D eigenvalue weighted by Crippen LogP contribution is 2.26. The van der Waals surface area contributed by atoms with Crippen molar-refractivity contribution < 1.29 is 4.39 Å². The van der Waals surface area contributed by atoms with Crippen LogP contribution < -0.4 is 10.6 Å². The zero-order chi connectivity index (χ0) is 22.1. The van der Waals surface area contributed by atoms with E-state index in [1.807, 2.05) is 25.1 Å². The van der Waals surface area contributed by atoms with Crippen LogP contribution in [0.3, 0.4) is 0 Å². The number of allylic oxidation sites excluding steroid dienone is 2. The van der Waals surface area contributed by atoms with Gasteiger partial charge in [-0.1, -0.05) is 24.8 Å². The highest BCUT2D eigenvalue weighted by atomic mass is 19.1. The lowest BCUT2D eigenvalue weighted by atomic mass is 10.1. The highest BCUT2D eigenvalue weighted by molar-refractivity contribution is 5.91. The number of imidazole rings is 1. The van der Waals surface area contributed by atoms with E-state index < -0.39 is 0 Å². The van der Waals surface area contributed by atoms with E-state index in [2.05, 4.69) is 36.7 Å². The number of nitrogens with one attached hydrogen (secondary N) is 2. The summed E-state index contributed by atoms with van der Waals surface area (Å²) in [6.45, 7) is 6.12. The first-order chi connectivity index (χ1) is 15.6. The Hall–Kier alpha value is -4.46. The molecule has 32 heavy (non-hydrogen) atoms. The second-order valence-corrected chi connectivity index (χ2v) is 7.22. The quantitative estimate of drug-likeness (QED) is 0.463. The third kappa shape index (κ3) is 3.58. The number of rotatable bonds is 4. The molecule has 0 aliphatic heterocycles. The average molecular weight is 423 g/mol. The minimum absolute atomic E-state index is 0.325. The number of pyridine rings is 1. The van der Waals surface area contributed by atoms with Crippen LogP contribution in [0.15, 0.2) is 61.2 Å². The van der Waals surface area contributed by atoms with Crippen LogP contribution in [0.2, 0.25) is 0 Å². The minimum Gasteiger partial charge on any atom is -0.336 e. The Labute approximate surface area is 182 Å². The van der Waals surface area contributed by atoms with Crippen LogP contribution in [-0.2, 0) is 0 Å². The molecule has 0 fully saturated rings. The van der Waals surface area contributed by atoms with E-state index in [0.717, 1.165) is 22.1 Å². The molecule has 0 amide bonds. The van der Waals surface area contributed by atoms with Gasteiger partial charge in [-0.3, -0.25) is 20.1 Å². The van der Waals surface area contributed by atoms with Crippen molar-refractivity contribution in [3.8, 4) is 22.8 Å². The van der Waals surface area contributed by atoms with Gasteiger partial charge in [0.1, 0.15) is 17.0 Å². The molecule has 4 heterocycles. The molecule has 0 atom stereocenters. The van der Waals surface area contributed by atoms with Gasteiger partial charge in [0.2, 0.25) is 0 Å². The Morgan fingerprint density at radius 2 is 2.00 bits per heavy atom. The molecule has 8 heteroatoms. The summed E-state index contributed by atoms with van der Waals surface area (Å²) in [5.74, 6) is 0.232. The number of aromatic nitrogens is 7. The number of hydrogen-bond acceptors (Lipinski definition) is 5. The lowest BCUT2D eigenvalue weighted by molar-refractivity contribution is 0.628. The number of fused-ring (bicyclic) bond motifs is 1. The number of aromatic amines is 2. The second-order valence-electron chi connectivity index (χ2n) is 7.22. The smallest absolute Gasteiger partial charge is 0.159 e. The molecular formula is C24H18FN7. The van der Waals surface area contributed by atoms with Crippen molar-refractivity contribution in [3.05, 3.63) is 83.3 Å². The van der Waals surface area contributed by atoms with E-state index in [1.165, 1.54) is 12.1 Å². The minimum atomic E-state index is -0.325. The normalized spacial score (nSPS) is 12.6. The van der Waals surface area contributed by atoms with Crippen LogP contribution >= 0.6 is 0 Å². The van der Waals surface area contributed by atoms with Gasteiger partial charge in [-0.05, 0) is 36.8 Å². The molecule has 5 aromatic rings. The molecular weight excluding hydrogens is 405 g/mol. The van der Waals surface area contributed by atoms with E-state index in [-0.39, 0.29) is 5.82 Å². The van der Waals surface area contributed by atoms with Gasteiger partial charge in [-0.2, -0.15) is 5.10 Å². The van der Waals surface area contributed by atoms with Crippen molar-refractivity contribution in [2.75, 3.05) is 0 Å². The summed E-state index contributed by atoms with van der Waals surface area (Å²) >= 11 is 0. The largest absolute Gasteiger partial charge is 0.336 e.